The Kier molecular flexibility index (Phi) is 12.1. The van der Waals surface area contributed by atoms with Crippen molar-refractivity contribution in [2.45, 2.75) is 63.0 Å². The van der Waals surface area contributed by atoms with E-state index in [9.17, 15) is 53.9 Å². The van der Waals surface area contributed by atoms with E-state index in [0.717, 1.165) is 32.6 Å². The van der Waals surface area contributed by atoms with E-state index in [4.69, 9.17) is 18.6 Å². The molecule has 2 N–H and O–H groups in total. The molecule has 0 aliphatic heterocycles. The van der Waals surface area contributed by atoms with Crippen LogP contribution in [0.2, 0.25) is 0 Å². The summed E-state index contributed by atoms with van der Waals surface area (Å²) in [7, 11) is -4.54. The molecule has 0 fully saturated rings. The van der Waals surface area contributed by atoms with Crippen molar-refractivity contribution in [1.29, 1.82) is 0 Å². The molecule has 0 unspecified atom stereocenters. The molecule has 0 aliphatic rings. The number of carbonyl (C=O) groups is 4. The zero-order valence-electron chi connectivity index (χ0n) is 27.2. The quantitative estimate of drug-likeness (QED) is 0.0845. The summed E-state index contributed by atoms with van der Waals surface area (Å²) in [6, 6.07) is 4.01. The van der Waals surface area contributed by atoms with Crippen LogP contribution in [0.3, 0.4) is 0 Å². The first-order valence-electron chi connectivity index (χ1n) is 14.3. The van der Waals surface area contributed by atoms with Gasteiger partial charge in [0.2, 0.25) is 0 Å². The van der Waals surface area contributed by atoms with Crippen LogP contribution in [0.4, 0.5) is 31.1 Å². The Hall–Kier alpha value is -5.21. The maximum Gasteiger partial charge on any atom is 0.534 e. The second kappa shape index (κ2) is 15.4. The SMILES string of the molecule is COC(=O)[C@H](Cc1ccc(Oc2cc(C[C@H](NC(=O)C(F)(F)F)C(=O)OC)c(OS(=O)(=O)C(F)(F)F)c3ccoc23)cc1)NC(=O)OC(C)(C)C. The molecule has 1 aromatic heterocycles. The number of fused-ring (bicyclic) bond motifs is 1. The van der Waals surface area contributed by atoms with Crippen LogP contribution in [-0.2, 0) is 51.6 Å². The number of esters is 2. The van der Waals surface area contributed by atoms with Crippen LogP contribution in [-0.4, -0.2) is 75.9 Å². The third kappa shape index (κ3) is 10.6. The van der Waals surface area contributed by atoms with Gasteiger partial charge in [0, 0.05) is 18.4 Å². The van der Waals surface area contributed by atoms with Gasteiger partial charge >= 0.3 is 45.7 Å². The molecule has 3 rings (SSSR count). The predicted molar refractivity (Wildman–Crippen MR) is 161 cm³/mol. The lowest BCUT2D eigenvalue weighted by Gasteiger charge is -2.22. The summed E-state index contributed by atoms with van der Waals surface area (Å²) in [6.07, 6.45) is -6.66. The first-order chi connectivity index (χ1) is 23.5. The van der Waals surface area contributed by atoms with E-state index in [1.807, 2.05) is 0 Å². The predicted octanol–water partition coefficient (Wildman–Crippen LogP) is 4.82. The van der Waals surface area contributed by atoms with Gasteiger partial charge in [0.05, 0.1) is 25.9 Å². The highest BCUT2D eigenvalue weighted by atomic mass is 32.2. The lowest BCUT2D eigenvalue weighted by molar-refractivity contribution is -0.175. The van der Waals surface area contributed by atoms with Crippen LogP contribution in [0.15, 0.2) is 47.1 Å². The van der Waals surface area contributed by atoms with Crippen LogP contribution in [0.25, 0.3) is 11.0 Å². The summed E-state index contributed by atoms with van der Waals surface area (Å²) >= 11 is 0. The number of furan rings is 1. The van der Waals surface area contributed by atoms with E-state index in [2.05, 4.69) is 14.2 Å². The summed E-state index contributed by atoms with van der Waals surface area (Å²) in [5.41, 5.74) is -7.41. The second-order valence-corrected chi connectivity index (χ2v) is 13.0. The average molecular weight is 757 g/mol. The number of alkyl carbamates (subject to hydrolysis) is 1. The largest absolute Gasteiger partial charge is 0.534 e. The van der Waals surface area contributed by atoms with E-state index in [1.165, 1.54) is 29.6 Å². The second-order valence-electron chi connectivity index (χ2n) is 11.4. The fraction of sp³-hybridized carbons (Fsp3) is 0.400. The number of rotatable bonds is 12. The minimum atomic E-state index is -6.40. The van der Waals surface area contributed by atoms with Crippen molar-refractivity contribution in [3.8, 4) is 17.2 Å². The summed E-state index contributed by atoms with van der Waals surface area (Å²) in [5, 5.41) is 3.27. The van der Waals surface area contributed by atoms with Crippen LogP contribution in [0.1, 0.15) is 31.9 Å². The molecule has 2 aromatic carbocycles. The molecule has 14 nitrogen and oxygen atoms in total. The molecule has 280 valence electrons. The maximum atomic E-state index is 13.3. The van der Waals surface area contributed by atoms with Gasteiger partial charge in [-0.15, -0.1) is 0 Å². The van der Waals surface area contributed by atoms with Crippen molar-refractivity contribution in [2.75, 3.05) is 14.2 Å². The highest BCUT2D eigenvalue weighted by Crippen LogP contribution is 2.42. The van der Waals surface area contributed by atoms with Crippen molar-refractivity contribution < 1.29 is 81.5 Å². The molecule has 0 radical (unpaired) electrons. The average Bonchev–Trinajstić information content (AvgIpc) is 3.50. The number of hydrogen-bond acceptors (Lipinski definition) is 12. The molecule has 1 heterocycles. The molecule has 21 heteroatoms. The molecule has 0 saturated heterocycles. The van der Waals surface area contributed by atoms with E-state index in [-0.39, 0.29) is 17.9 Å². The fourth-order valence-electron chi connectivity index (χ4n) is 4.26. The van der Waals surface area contributed by atoms with Gasteiger partial charge in [0.15, 0.2) is 17.1 Å². The minimum Gasteiger partial charge on any atom is -0.467 e. The molecule has 2 atom stereocenters. The highest BCUT2D eigenvalue weighted by Gasteiger charge is 2.49. The fourth-order valence-corrected chi connectivity index (χ4v) is 4.77. The number of carbonyl (C=O) groups excluding carboxylic acids is 4. The highest BCUT2D eigenvalue weighted by molar-refractivity contribution is 7.88. The van der Waals surface area contributed by atoms with E-state index in [1.54, 1.807) is 20.8 Å². The lowest BCUT2D eigenvalue weighted by Crippen LogP contribution is -2.48. The Morgan fingerprint density at radius 3 is 1.92 bits per heavy atom. The van der Waals surface area contributed by atoms with Crippen molar-refractivity contribution in [1.82, 2.24) is 10.6 Å². The van der Waals surface area contributed by atoms with E-state index in [0.29, 0.717) is 5.56 Å². The molecule has 2 amide bonds. The van der Waals surface area contributed by atoms with Gasteiger partial charge in [0.25, 0.3) is 0 Å². The number of methoxy groups -OCH3 is 2. The summed E-state index contributed by atoms with van der Waals surface area (Å²) < 4.78 is 133. The lowest BCUT2D eigenvalue weighted by atomic mass is 10.0. The van der Waals surface area contributed by atoms with E-state index < -0.39 is 92.1 Å². The molecule has 51 heavy (non-hydrogen) atoms. The smallest absolute Gasteiger partial charge is 0.467 e. The van der Waals surface area contributed by atoms with Gasteiger partial charge in [0.1, 0.15) is 23.4 Å². The van der Waals surface area contributed by atoms with Crippen LogP contribution >= 0.6 is 0 Å². The molecule has 3 aromatic rings. The van der Waals surface area contributed by atoms with Gasteiger partial charge in [-0.2, -0.15) is 34.8 Å². The van der Waals surface area contributed by atoms with Crippen molar-refractivity contribution in [3.63, 3.8) is 0 Å². The summed E-state index contributed by atoms with van der Waals surface area (Å²) in [4.78, 5) is 48.6. The Labute approximate surface area is 285 Å². The molecule has 0 saturated carbocycles. The molecule has 0 spiro atoms. The van der Waals surface area contributed by atoms with Crippen molar-refractivity contribution >= 4 is 45.0 Å². The van der Waals surface area contributed by atoms with Crippen LogP contribution < -0.4 is 19.6 Å². The molecule has 0 aliphatic carbocycles. The molecule has 0 bridgehead atoms. The Morgan fingerprint density at radius 1 is 0.843 bits per heavy atom. The molecular weight excluding hydrogens is 726 g/mol. The number of alkyl halides is 6. The van der Waals surface area contributed by atoms with Crippen molar-refractivity contribution in [2.24, 2.45) is 0 Å². The summed E-state index contributed by atoms with van der Waals surface area (Å²) in [5.74, 6) is -6.32. The standard InChI is InChI=1S/C30H30F6N2O12S/c1-28(2,3)49-27(42)38-19(24(39)45-4)12-15-6-8-17(9-7-15)48-21-14-16(13-20(25(40)46-5)37-26(41)29(31,32)33)22(18-10-11-47-23(18)21)50-51(43,44)30(34,35)36/h6-11,14,19-20H,12-13H2,1-5H3,(H,37,41)(H,38,42)/t19-,20-/m0/s1. The first-order valence-corrected chi connectivity index (χ1v) is 15.7. The Morgan fingerprint density at radius 2 is 1.41 bits per heavy atom. The zero-order chi connectivity index (χ0) is 38.5. The normalized spacial score (nSPS) is 13.5. The number of nitrogens with one attached hydrogen (secondary N) is 2. The number of hydrogen-bond donors (Lipinski definition) is 2. The third-order valence-corrected chi connectivity index (χ3v) is 7.40. The summed E-state index contributed by atoms with van der Waals surface area (Å²) in [6.45, 7) is 4.85. The van der Waals surface area contributed by atoms with Gasteiger partial charge in [-0.05, 0) is 50.6 Å². The van der Waals surface area contributed by atoms with Gasteiger partial charge < -0.3 is 38.2 Å². The Bertz CT molecular complexity index is 1870. The monoisotopic (exact) mass is 756 g/mol. The zero-order valence-corrected chi connectivity index (χ0v) is 28.0. The van der Waals surface area contributed by atoms with Gasteiger partial charge in [-0.1, -0.05) is 12.1 Å². The topological polar surface area (TPSA) is 186 Å². The van der Waals surface area contributed by atoms with Gasteiger partial charge in [-0.3, -0.25) is 4.79 Å². The number of benzene rings is 2. The minimum absolute atomic E-state index is 0.00333. The maximum absolute atomic E-state index is 13.3. The first kappa shape index (κ1) is 40.2. The third-order valence-electron chi connectivity index (χ3n) is 6.45. The van der Waals surface area contributed by atoms with Crippen molar-refractivity contribution in [3.05, 3.63) is 53.8 Å². The number of halogens is 6. The number of ether oxygens (including phenoxy) is 4. The Balaban J connectivity index is 2.03. The van der Waals surface area contributed by atoms with Gasteiger partial charge in [-0.25, -0.2) is 14.4 Å². The van der Waals surface area contributed by atoms with Crippen LogP contribution in [0, 0.1) is 0 Å². The van der Waals surface area contributed by atoms with Crippen LogP contribution in [0.5, 0.6) is 17.2 Å². The molecular formula is C30H30F6N2O12S. The number of amides is 2. The van der Waals surface area contributed by atoms with E-state index >= 15 is 0 Å².